The molecule has 0 aliphatic carbocycles. The van der Waals surface area contributed by atoms with E-state index in [4.69, 9.17) is 9.47 Å². The lowest BCUT2D eigenvalue weighted by atomic mass is 10.1. The second kappa shape index (κ2) is 6.19. The van der Waals surface area contributed by atoms with Crippen molar-refractivity contribution in [3.63, 3.8) is 0 Å². The van der Waals surface area contributed by atoms with E-state index in [1.54, 1.807) is 26.0 Å². The summed E-state index contributed by atoms with van der Waals surface area (Å²) in [5.41, 5.74) is 0.964. The van der Waals surface area contributed by atoms with E-state index in [1.165, 1.54) is 0 Å². The van der Waals surface area contributed by atoms with Crippen molar-refractivity contribution in [1.82, 2.24) is 0 Å². The fraction of sp³-hybridized carbons (Fsp3) is 0.500. The van der Waals surface area contributed by atoms with Gasteiger partial charge in [0.05, 0.1) is 20.3 Å². The molecule has 1 aromatic rings. The number of anilines is 1. The van der Waals surface area contributed by atoms with E-state index in [2.05, 4.69) is 24.2 Å². The number of hydrogen-bond donors (Lipinski definition) is 1. The first kappa shape index (κ1) is 14.1. The van der Waals surface area contributed by atoms with Crippen LogP contribution in [0.1, 0.15) is 13.8 Å². The molecule has 0 saturated heterocycles. The minimum absolute atomic E-state index is 0.365. The first-order chi connectivity index (χ1) is 9.13. The third-order valence-corrected chi connectivity index (χ3v) is 4.44. The molecule has 4 nitrogen and oxygen atoms in total. The van der Waals surface area contributed by atoms with Gasteiger partial charge in [0.2, 0.25) is 0 Å². The summed E-state index contributed by atoms with van der Waals surface area (Å²) < 4.78 is 10.5. The molecule has 1 aromatic carbocycles. The Morgan fingerprint density at radius 3 is 2.58 bits per heavy atom. The van der Waals surface area contributed by atoms with Crippen LogP contribution in [0.2, 0.25) is 0 Å². The zero-order valence-corrected chi connectivity index (χ0v) is 12.6. The van der Waals surface area contributed by atoms with Crippen LogP contribution >= 0.6 is 11.8 Å². The van der Waals surface area contributed by atoms with Crippen molar-refractivity contribution in [2.24, 2.45) is 10.9 Å². The highest BCUT2D eigenvalue weighted by molar-refractivity contribution is 8.14. The molecule has 0 fully saturated rings. The van der Waals surface area contributed by atoms with E-state index in [0.717, 1.165) is 28.1 Å². The summed E-state index contributed by atoms with van der Waals surface area (Å²) in [6.45, 7) is 4.38. The predicted octanol–water partition coefficient (Wildman–Crippen LogP) is 3.24. The Balaban J connectivity index is 2.13. The van der Waals surface area contributed by atoms with Gasteiger partial charge < -0.3 is 14.8 Å². The molecule has 0 aromatic heterocycles. The van der Waals surface area contributed by atoms with E-state index < -0.39 is 0 Å². The highest BCUT2D eigenvalue weighted by atomic mass is 32.2. The van der Waals surface area contributed by atoms with Gasteiger partial charge in [0.15, 0.2) is 16.7 Å². The molecular weight excluding hydrogens is 260 g/mol. The molecule has 5 heteroatoms. The van der Waals surface area contributed by atoms with Crippen LogP contribution in [0.4, 0.5) is 5.69 Å². The van der Waals surface area contributed by atoms with Crippen LogP contribution in [0.5, 0.6) is 11.5 Å². The molecule has 1 aliphatic rings. The summed E-state index contributed by atoms with van der Waals surface area (Å²) in [4.78, 5) is 4.65. The van der Waals surface area contributed by atoms with Gasteiger partial charge in [0, 0.05) is 17.5 Å². The van der Waals surface area contributed by atoms with Crippen LogP contribution in [0.15, 0.2) is 23.2 Å². The highest BCUT2D eigenvalue weighted by Gasteiger charge is 2.19. The monoisotopic (exact) mass is 280 g/mol. The minimum Gasteiger partial charge on any atom is -0.493 e. The number of benzene rings is 1. The number of nitrogens with zero attached hydrogens (tertiary/aromatic N) is 1. The average molecular weight is 280 g/mol. The zero-order valence-electron chi connectivity index (χ0n) is 11.8. The van der Waals surface area contributed by atoms with Gasteiger partial charge in [-0.1, -0.05) is 18.7 Å². The Hall–Kier alpha value is -1.36. The fourth-order valence-corrected chi connectivity index (χ4v) is 2.94. The molecule has 0 radical (unpaired) electrons. The van der Waals surface area contributed by atoms with Crippen LogP contribution in [-0.2, 0) is 0 Å². The third-order valence-electron chi connectivity index (χ3n) is 3.26. The quantitative estimate of drug-likeness (QED) is 0.923. The zero-order chi connectivity index (χ0) is 13.8. The number of amidine groups is 1. The van der Waals surface area contributed by atoms with Gasteiger partial charge in [-0.3, -0.25) is 4.99 Å². The maximum atomic E-state index is 5.29. The molecule has 2 rings (SSSR count). The van der Waals surface area contributed by atoms with Gasteiger partial charge in [-0.25, -0.2) is 0 Å². The van der Waals surface area contributed by atoms with E-state index in [1.807, 2.05) is 18.2 Å². The second-order valence-corrected chi connectivity index (χ2v) is 5.67. The lowest BCUT2D eigenvalue weighted by Gasteiger charge is -2.23. The molecule has 2 unspecified atom stereocenters. The van der Waals surface area contributed by atoms with Crippen LogP contribution < -0.4 is 14.8 Å². The molecule has 0 spiro atoms. The van der Waals surface area contributed by atoms with E-state index in [0.29, 0.717) is 12.0 Å². The molecule has 1 N–H and O–H groups in total. The van der Waals surface area contributed by atoms with Crippen molar-refractivity contribution in [3.8, 4) is 11.5 Å². The van der Waals surface area contributed by atoms with Crippen LogP contribution in [0.25, 0.3) is 0 Å². The van der Waals surface area contributed by atoms with Crippen LogP contribution in [0, 0.1) is 5.92 Å². The summed E-state index contributed by atoms with van der Waals surface area (Å²) in [5.74, 6) is 3.17. The Morgan fingerprint density at radius 2 is 1.95 bits per heavy atom. The number of aliphatic imine (C=N–C) groups is 1. The van der Waals surface area contributed by atoms with Crippen molar-refractivity contribution < 1.29 is 9.47 Å². The summed E-state index contributed by atoms with van der Waals surface area (Å²) in [5, 5.41) is 4.31. The molecule has 2 atom stereocenters. The largest absolute Gasteiger partial charge is 0.493 e. The normalized spacial score (nSPS) is 22.6. The van der Waals surface area contributed by atoms with Crippen LogP contribution in [0.3, 0.4) is 0 Å². The molecule has 1 heterocycles. The van der Waals surface area contributed by atoms with Crippen molar-refractivity contribution in [1.29, 1.82) is 0 Å². The Kier molecular flexibility index (Phi) is 4.58. The van der Waals surface area contributed by atoms with Crippen LogP contribution in [-0.4, -0.2) is 31.2 Å². The first-order valence-electron chi connectivity index (χ1n) is 6.33. The summed E-state index contributed by atoms with van der Waals surface area (Å²) in [6.07, 6.45) is 0. The maximum absolute atomic E-state index is 5.29. The summed E-state index contributed by atoms with van der Waals surface area (Å²) >= 11 is 1.76. The van der Waals surface area contributed by atoms with Crippen molar-refractivity contribution in [2.75, 3.05) is 25.3 Å². The number of hydrogen-bond acceptors (Lipinski definition) is 5. The molecule has 0 bridgehead atoms. The second-order valence-electron chi connectivity index (χ2n) is 4.66. The molecule has 0 saturated carbocycles. The predicted molar refractivity (Wildman–Crippen MR) is 81.7 cm³/mol. The van der Waals surface area contributed by atoms with Crippen molar-refractivity contribution >= 4 is 22.6 Å². The SMILES string of the molecule is COc1ccc(NC2=NC(C)C(C)CS2)cc1OC. The Morgan fingerprint density at radius 1 is 1.21 bits per heavy atom. The van der Waals surface area contributed by atoms with E-state index in [9.17, 15) is 0 Å². The van der Waals surface area contributed by atoms with Gasteiger partial charge in [0.25, 0.3) is 0 Å². The summed E-state index contributed by atoms with van der Waals surface area (Å²) in [6, 6.07) is 6.14. The lowest BCUT2D eigenvalue weighted by Crippen LogP contribution is -2.25. The fourth-order valence-electron chi connectivity index (χ4n) is 1.80. The van der Waals surface area contributed by atoms with Gasteiger partial charge >= 0.3 is 0 Å². The Bertz CT molecular complexity index is 477. The smallest absolute Gasteiger partial charge is 0.162 e. The van der Waals surface area contributed by atoms with E-state index >= 15 is 0 Å². The Labute approximate surface area is 118 Å². The number of ether oxygens (including phenoxy) is 2. The van der Waals surface area contributed by atoms with Gasteiger partial charge in [0.1, 0.15) is 0 Å². The molecular formula is C14H20N2O2S. The number of thioether (sulfide) groups is 1. The topological polar surface area (TPSA) is 42.8 Å². The van der Waals surface area contributed by atoms with Gasteiger partial charge in [-0.2, -0.15) is 0 Å². The van der Waals surface area contributed by atoms with E-state index in [-0.39, 0.29) is 0 Å². The molecule has 0 amide bonds. The first-order valence-corrected chi connectivity index (χ1v) is 7.32. The maximum Gasteiger partial charge on any atom is 0.162 e. The average Bonchev–Trinajstić information content (AvgIpc) is 2.43. The lowest BCUT2D eigenvalue weighted by molar-refractivity contribution is 0.355. The van der Waals surface area contributed by atoms with Crippen molar-refractivity contribution in [3.05, 3.63) is 18.2 Å². The number of methoxy groups -OCH3 is 2. The minimum atomic E-state index is 0.365. The molecule has 19 heavy (non-hydrogen) atoms. The van der Waals surface area contributed by atoms with Gasteiger partial charge in [-0.15, -0.1) is 0 Å². The molecule has 104 valence electrons. The number of nitrogens with one attached hydrogen (secondary N) is 1. The van der Waals surface area contributed by atoms with Gasteiger partial charge in [-0.05, 0) is 25.0 Å². The molecule has 1 aliphatic heterocycles. The standard InChI is InChI=1S/C14H20N2O2S/c1-9-8-19-14(15-10(9)2)16-11-5-6-12(17-3)13(7-11)18-4/h5-7,9-10H,8H2,1-4H3,(H,15,16). The highest BCUT2D eigenvalue weighted by Crippen LogP contribution is 2.31. The number of rotatable bonds is 3. The summed E-state index contributed by atoms with van der Waals surface area (Å²) in [7, 11) is 3.27. The third kappa shape index (κ3) is 3.35. The van der Waals surface area contributed by atoms with Crippen molar-refractivity contribution in [2.45, 2.75) is 19.9 Å².